The first-order valence-electron chi connectivity index (χ1n) is 9.58. The molecule has 2 heterocycles. The highest BCUT2D eigenvalue weighted by Gasteiger charge is 2.45. The molecule has 0 spiro atoms. The maximum absolute atomic E-state index is 13.5. The molecule has 1 atom stereocenters. The van der Waals surface area contributed by atoms with Crippen LogP contribution in [0.4, 0.5) is 15.8 Å². The van der Waals surface area contributed by atoms with Crippen molar-refractivity contribution in [2.24, 2.45) is 0 Å². The van der Waals surface area contributed by atoms with Gasteiger partial charge in [0, 0.05) is 11.8 Å². The number of aromatic hydroxyl groups is 1. The van der Waals surface area contributed by atoms with Crippen LogP contribution in [-0.4, -0.2) is 31.8 Å². The average molecular weight is 469 g/mol. The number of carbonyl (C=O) groups is 2. The zero-order valence-corrected chi connectivity index (χ0v) is 18.1. The fourth-order valence-corrected chi connectivity index (χ4v) is 4.62. The number of Topliss-reactive ketones (excluding diaryl/α,β-unsaturated/α-hetero) is 1. The number of phenolic OH excluding ortho intramolecular Hbond substituents is 1. The van der Waals surface area contributed by atoms with Crippen molar-refractivity contribution in [3.05, 3.63) is 90.9 Å². The highest BCUT2D eigenvalue weighted by atomic mass is 32.1. The molecule has 0 aliphatic carbocycles. The Morgan fingerprint density at radius 1 is 1.18 bits per heavy atom. The maximum Gasteiger partial charge on any atom is 0.311 e. The summed E-state index contributed by atoms with van der Waals surface area (Å²) < 4.78 is 13.5. The molecular weight excluding hydrogens is 453 g/mol. The van der Waals surface area contributed by atoms with Crippen LogP contribution in [0.1, 0.15) is 32.0 Å². The highest BCUT2D eigenvalue weighted by molar-refractivity contribution is 7.14. The Morgan fingerprint density at radius 2 is 1.85 bits per heavy atom. The second-order valence-electron chi connectivity index (χ2n) is 7.30. The molecule has 11 heteroatoms. The van der Waals surface area contributed by atoms with Gasteiger partial charge in [0.2, 0.25) is 5.78 Å². The molecular formula is C22H16FN3O6S. The number of halogens is 1. The summed E-state index contributed by atoms with van der Waals surface area (Å²) in [6, 6.07) is 6.93. The average Bonchev–Trinajstić information content (AvgIpc) is 3.24. The molecule has 0 fully saturated rings. The number of aromatic nitrogens is 1. The highest BCUT2D eigenvalue weighted by Crippen LogP contribution is 2.44. The molecule has 4 rings (SSSR count). The van der Waals surface area contributed by atoms with E-state index in [1.165, 1.54) is 18.2 Å². The number of ketones is 1. The van der Waals surface area contributed by atoms with Gasteiger partial charge in [0.1, 0.15) is 5.82 Å². The number of nitrogens with zero attached hydrogens (tertiary/aromatic N) is 3. The lowest BCUT2D eigenvalue weighted by Crippen LogP contribution is -2.31. The van der Waals surface area contributed by atoms with Crippen molar-refractivity contribution in [1.82, 2.24) is 4.98 Å². The summed E-state index contributed by atoms with van der Waals surface area (Å²) in [6.07, 6.45) is 0. The number of nitro benzene ring substituents is 1. The molecule has 0 bridgehead atoms. The van der Waals surface area contributed by atoms with E-state index in [0.29, 0.717) is 10.7 Å². The lowest BCUT2D eigenvalue weighted by molar-refractivity contribution is -0.385. The van der Waals surface area contributed by atoms with Crippen molar-refractivity contribution in [2.75, 3.05) is 4.90 Å². The van der Waals surface area contributed by atoms with Crippen LogP contribution in [0.5, 0.6) is 5.75 Å². The predicted molar refractivity (Wildman–Crippen MR) is 117 cm³/mol. The van der Waals surface area contributed by atoms with Crippen LogP contribution in [0.3, 0.4) is 0 Å². The van der Waals surface area contributed by atoms with Crippen molar-refractivity contribution in [2.45, 2.75) is 19.9 Å². The second kappa shape index (κ2) is 8.10. The van der Waals surface area contributed by atoms with E-state index in [-0.39, 0.29) is 21.7 Å². The van der Waals surface area contributed by atoms with Gasteiger partial charge in [0.15, 0.2) is 11.5 Å². The van der Waals surface area contributed by atoms with E-state index in [9.17, 15) is 34.3 Å². The van der Waals surface area contributed by atoms with Gasteiger partial charge < -0.3 is 10.2 Å². The smallest absolute Gasteiger partial charge is 0.311 e. The number of amides is 1. The molecule has 1 aromatic heterocycles. The molecule has 9 nitrogen and oxygen atoms in total. The Bertz CT molecular complexity index is 1350. The van der Waals surface area contributed by atoms with Crippen molar-refractivity contribution in [3.8, 4) is 5.75 Å². The third-order valence-corrected chi connectivity index (χ3v) is 6.25. The zero-order valence-electron chi connectivity index (χ0n) is 17.3. The normalized spacial score (nSPS) is 15.9. The lowest BCUT2D eigenvalue weighted by Gasteiger charge is -2.26. The second-order valence-corrected chi connectivity index (χ2v) is 8.50. The van der Waals surface area contributed by atoms with E-state index in [1.807, 2.05) is 0 Å². The molecule has 1 aliphatic heterocycles. The molecule has 0 saturated carbocycles. The van der Waals surface area contributed by atoms with Gasteiger partial charge in [-0.25, -0.2) is 9.37 Å². The molecule has 33 heavy (non-hydrogen) atoms. The number of phenols is 1. The number of anilines is 1. The third-order valence-electron chi connectivity index (χ3n) is 5.18. The number of hydrogen-bond donors (Lipinski definition) is 2. The minimum Gasteiger partial charge on any atom is -0.503 e. The van der Waals surface area contributed by atoms with E-state index >= 15 is 0 Å². The fraction of sp³-hybridized carbons (Fsp3) is 0.136. The summed E-state index contributed by atoms with van der Waals surface area (Å²) in [5, 5.41) is 32.6. The van der Waals surface area contributed by atoms with Gasteiger partial charge in [-0.05, 0) is 49.7 Å². The monoisotopic (exact) mass is 469 g/mol. The summed E-state index contributed by atoms with van der Waals surface area (Å²) in [7, 11) is 0. The molecule has 3 aromatic rings. The number of aryl methyl sites for hydroxylation is 2. The summed E-state index contributed by atoms with van der Waals surface area (Å²) >= 11 is 1.09. The number of nitro groups is 1. The number of aliphatic hydroxyl groups excluding tert-OH is 1. The van der Waals surface area contributed by atoms with Gasteiger partial charge in [-0.3, -0.25) is 24.6 Å². The van der Waals surface area contributed by atoms with Crippen molar-refractivity contribution in [1.29, 1.82) is 0 Å². The molecule has 2 N–H and O–H groups in total. The van der Waals surface area contributed by atoms with E-state index in [2.05, 4.69) is 4.98 Å². The first-order chi connectivity index (χ1) is 15.6. The van der Waals surface area contributed by atoms with E-state index in [1.54, 1.807) is 13.8 Å². The number of hydrogen-bond acceptors (Lipinski definition) is 8. The van der Waals surface area contributed by atoms with Gasteiger partial charge in [-0.15, -0.1) is 11.3 Å². The van der Waals surface area contributed by atoms with Gasteiger partial charge in [-0.1, -0.05) is 6.07 Å². The van der Waals surface area contributed by atoms with Crippen molar-refractivity contribution in [3.63, 3.8) is 0 Å². The van der Waals surface area contributed by atoms with Crippen molar-refractivity contribution < 1.29 is 29.1 Å². The quantitative estimate of drug-likeness (QED) is 0.323. The summed E-state index contributed by atoms with van der Waals surface area (Å²) in [5.74, 6) is -3.57. The largest absolute Gasteiger partial charge is 0.503 e. The minimum atomic E-state index is -1.27. The molecule has 1 aliphatic rings. The van der Waals surface area contributed by atoms with Crippen LogP contribution >= 0.6 is 11.3 Å². The Hall–Kier alpha value is -4.12. The maximum atomic E-state index is 13.5. The Kier molecular flexibility index (Phi) is 5.42. The first kappa shape index (κ1) is 22.1. The van der Waals surface area contributed by atoms with E-state index in [4.69, 9.17) is 0 Å². The Morgan fingerprint density at radius 3 is 2.42 bits per heavy atom. The van der Waals surface area contributed by atoms with Crippen LogP contribution < -0.4 is 4.90 Å². The number of carbonyl (C=O) groups excluding carboxylic acids is 2. The van der Waals surface area contributed by atoms with E-state index < -0.39 is 45.7 Å². The molecule has 0 radical (unpaired) electrons. The van der Waals surface area contributed by atoms with Crippen LogP contribution in [-0.2, 0) is 4.79 Å². The standard InChI is InChI=1S/C22H16FN3O6S/c1-10-21(33-11(2)24-10)19(28)17-18(12-3-8-16(27)15(9-12)26(31)32)25(22(30)20(17)29)14-6-4-13(23)5-7-14/h3-9,18,27,29H,1-2H3. The summed E-state index contributed by atoms with van der Waals surface area (Å²) in [4.78, 5) is 42.6. The third kappa shape index (κ3) is 3.72. The van der Waals surface area contributed by atoms with Crippen LogP contribution in [0, 0.1) is 29.8 Å². The summed E-state index contributed by atoms with van der Waals surface area (Å²) in [6.45, 7) is 3.32. The molecule has 1 amide bonds. The Balaban J connectivity index is 1.94. The molecule has 0 saturated heterocycles. The minimum absolute atomic E-state index is 0.100. The van der Waals surface area contributed by atoms with Crippen LogP contribution in [0.25, 0.3) is 0 Å². The van der Waals surface area contributed by atoms with Crippen molar-refractivity contribution >= 4 is 34.4 Å². The Labute approximate surface area is 190 Å². The fourth-order valence-electron chi connectivity index (χ4n) is 3.74. The number of rotatable bonds is 5. The zero-order chi connectivity index (χ0) is 24.0. The molecule has 1 unspecified atom stereocenters. The van der Waals surface area contributed by atoms with E-state index in [0.717, 1.165) is 40.5 Å². The number of thiazole rings is 1. The number of benzene rings is 2. The SMILES string of the molecule is Cc1nc(C)c(C(=O)C2=C(O)C(=O)N(c3ccc(F)cc3)C2c2ccc(O)c([N+](=O)[O-])c2)s1. The van der Waals surface area contributed by atoms with Gasteiger partial charge in [0.05, 0.1) is 32.1 Å². The molecule has 168 valence electrons. The lowest BCUT2D eigenvalue weighted by atomic mass is 9.94. The predicted octanol–water partition coefficient (Wildman–Crippen LogP) is 4.30. The number of aliphatic hydroxyl groups is 1. The molecule has 2 aromatic carbocycles. The van der Waals surface area contributed by atoms with Crippen LogP contribution in [0.15, 0.2) is 53.8 Å². The van der Waals surface area contributed by atoms with Gasteiger partial charge >= 0.3 is 5.69 Å². The van der Waals surface area contributed by atoms with Crippen LogP contribution in [0.2, 0.25) is 0 Å². The summed E-state index contributed by atoms with van der Waals surface area (Å²) in [5.41, 5.74) is -0.263. The van der Waals surface area contributed by atoms with Gasteiger partial charge in [0.25, 0.3) is 5.91 Å². The van der Waals surface area contributed by atoms with Gasteiger partial charge in [-0.2, -0.15) is 0 Å². The topological polar surface area (TPSA) is 134 Å². The first-order valence-corrected chi connectivity index (χ1v) is 10.4.